The summed E-state index contributed by atoms with van der Waals surface area (Å²) < 4.78 is 5.72. The SMILES string of the molecule is CCC(P)Oc1ccc(-c2ccccc2)cc1. The minimum Gasteiger partial charge on any atom is -0.487 e. The number of ether oxygens (including phenoxy) is 1. The third-order valence-corrected chi connectivity index (χ3v) is 3.26. The molecule has 0 spiro atoms. The highest BCUT2D eigenvalue weighted by Crippen LogP contribution is 2.23. The molecule has 2 unspecified atom stereocenters. The van der Waals surface area contributed by atoms with E-state index in [0.29, 0.717) is 0 Å². The molecular weight excluding hydrogens is 227 g/mol. The summed E-state index contributed by atoms with van der Waals surface area (Å²) in [6, 6.07) is 18.6. The van der Waals surface area contributed by atoms with Gasteiger partial charge in [-0.15, -0.1) is 0 Å². The fraction of sp³-hybridized carbons (Fsp3) is 0.200. The van der Waals surface area contributed by atoms with Crippen LogP contribution in [0.15, 0.2) is 54.6 Å². The van der Waals surface area contributed by atoms with Gasteiger partial charge in [-0.1, -0.05) is 58.6 Å². The van der Waals surface area contributed by atoms with E-state index in [1.54, 1.807) is 0 Å². The van der Waals surface area contributed by atoms with Gasteiger partial charge in [0, 0.05) is 0 Å². The van der Waals surface area contributed by atoms with Crippen molar-refractivity contribution >= 4 is 9.24 Å². The summed E-state index contributed by atoms with van der Waals surface area (Å²) >= 11 is 0. The van der Waals surface area contributed by atoms with Crippen molar-refractivity contribution in [1.82, 2.24) is 0 Å². The molecule has 0 fully saturated rings. The highest BCUT2D eigenvalue weighted by atomic mass is 31.0. The van der Waals surface area contributed by atoms with E-state index in [2.05, 4.69) is 52.6 Å². The lowest BCUT2D eigenvalue weighted by atomic mass is 10.1. The molecule has 0 saturated carbocycles. The predicted molar refractivity (Wildman–Crippen MR) is 76.3 cm³/mol. The molecule has 0 heterocycles. The van der Waals surface area contributed by atoms with Crippen LogP contribution in [-0.4, -0.2) is 5.85 Å². The van der Waals surface area contributed by atoms with Crippen LogP contribution in [0.25, 0.3) is 11.1 Å². The fourth-order valence-corrected chi connectivity index (χ4v) is 1.77. The predicted octanol–water partition coefficient (Wildman–Crippen LogP) is 4.34. The monoisotopic (exact) mass is 244 g/mol. The summed E-state index contributed by atoms with van der Waals surface area (Å²) in [6.45, 7) is 2.11. The lowest BCUT2D eigenvalue weighted by Crippen LogP contribution is -2.05. The Morgan fingerprint density at radius 3 is 2.12 bits per heavy atom. The third kappa shape index (κ3) is 3.31. The van der Waals surface area contributed by atoms with Crippen molar-refractivity contribution in [3.63, 3.8) is 0 Å². The second kappa shape index (κ2) is 5.84. The van der Waals surface area contributed by atoms with Crippen molar-refractivity contribution in [2.24, 2.45) is 0 Å². The highest BCUT2D eigenvalue weighted by molar-refractivity contribution is 7.17. The molecule has 2 aromatic rings. The summed E-state index contributed by atoms with van der Waals surface area (Å²) in [5.74, 6) is 1.11. The summed E-state index contributed by atoms with van der Waals surface area (Å²) in [4.78, 5) is 0. The molecule has 2 heteroatoms. The van der Waals surface area contributed by atoms with Gasteiger partial charge in [-0.3, -0.25) is 0 Å². The molecule has 0 radical (unpaired) electrons. The van der Waals surface area contributed by atoms with Gasteiger partial charge in [-0.25, -0.2) is 0 Å². The quantitative estimate of drug-likeness (QED) is 0.727. The van der Waals surface area contributed by atoms with Crippen molar-refractivity contribution in [3.05, 3.63) is 54.6 Å². The Hall–Kier alpha value is -1.33. The number of hydrogen-bond donors (Lipinski definition) is 0. The molecule has 0 aliphatic heterocycles. The van der Waals surface area contributed by atoms with Crippen molar-refractivity contribution in [1.29, 1.82) is 0 Å². The van der Waals surface area contributed by atoms with Crippen LogP contribution in [0, 0.1) is 0 Å². The van der Waals surface area contributed by atoms with Crippen LogP contribution in [0.4, 0.5) is 0 Å². The second-order valence-corrected chi connectivity index (χ2v) is 4.70. The third-order valence-electron chi connectivity index (χ3n) is 2.65. The smallest absolute Gasteiger partial charge is 0.120 e. The van der Waals surface area contributed by atoms with Crippen LogP contribution >= 0.6 is 9.24 Å². The molecule has 1 nitrogen and oxygen atoms in total. The maximum Gasteiger partial charge on any atom is 0.120 e. The van der Waals surface area contributed by atoms with E-state index in [-0.39, 0.29) is 5.85 Å². The minimum atomic E-state index is 0.192. The van der Waals surface area contributed by atoms with Gasteiger partial charge in [-0.05, 0) is 29.7 Å². The van der Waals surface area contributed by atoms with E-state index >= 15 is 0 Å². The number of hydrogen-bond acceptors (Lipinski definition) is 1. The highest BCUT2D eigenvalue weighted by Gasteiger charge is 2.01. The van der Waals surface area contributed by atoms with Crippen molar-refractivity contribution in [3.8, 4) is 16.9 Å². The van der Waals surface area contributed by atoms with E-state index in [1.807, 2.05) is 18.2 Å². The van der Waals surface area contributed by atoms with Gasteiger partial charge in [0.2, 0.25) is 0 Å². The van der Waals surface area contributed by atoms with Crippen LogP contribution < -0.4 is 4.74 Å². The van der Waals surface area contributed by atoms with Crippen molar-refractivity contribution < 1.29 is 4.74 Å². The Morgan fingerprint density at radius 1 is 0.941 bits per heavy atom. The molecule has 0 N–H and O–H groups in total. The Bertz CT molecular complexity index is 450. The van der Waals surface area contributed by atoms with Gasteiger partial charge in [0.25, 0.3) is 0 Å². The van der Waals surface area contributed by atoms with Gasteiger partial charge < -0.3 is 4.74 Å². The van der Waals surface area contributed by atoms with Crippen LogP contribution in [0.2, 0.25) is 0 Å². The van der Waals surface area contributed by atoms with Crippen molar-refractivity contribution in [2.75, 3.05) is 0 Å². The van der Waals surface area contributed by atoms with Crippen LogP contribution in [-0.2, 0) is 0 Å². The average Bonchev–Trinajstić information content (AvgIpc) is 2.40. The molecule has 2 atom stereocenters. The minimum absolute atomic E-state index is 0.192. The summed E-state index contributed by atoms with van der Waals surface area (Å²) in [7, 11) is 2.70. The van der Waals surface area contributed by atoms with Gasteiger partial charge >= 0.3 is 0 Å². The fourth-order valence-electron chi connectivity index (χ4n) is 1.61. The Labute approximate surface area is 105 Å². The topological polar surface area (TPSA) is 9.23 Å². The first kappa shape index (κ1) is 12.1. The molecule has 0 amide bonds. The Kier molecular flexibility index (Phi) is 4.17. The molecule has 88 valence electrons. The van der Waals surface area contributed by atoms with Crippen LogP contribution in [0.1, 0.15) is 13.3 Å². The summed E-state index contributed by atoms with van der Waals surface area (Å²) in [5.41, 5.74) is 2.45. The first-order chi connectivity index (χ1) is 8.29. The molecule has 0 aliphatic carbocycles. The summed E-state index contributed by atoms with van der Waals surface area (Å²) in [6.07, 6.45) is 0.991. The zero-order valence-electron chi connectivity index (χ0n) is 9.97. The number of benzene rings is 2. The normalized spacial score (nSPS) is 12.1. The first-order valence-electron chi connectivity index (χ1n) is 5.87. The molecule has 2 aromatic carbocycles. The van der Waals surface area contributed by atoms with Crippen LogP contribution in [0.5, 0.6) is 5.75 Å². The first-order valence-corrected chi connectivity index (χ1v) is 6.54. The molecule has 17 heavy (non-hydrogen) atoms. The largest absolute Gasteiger partial charge is 0.487 e. The average molecular weight is 244 g/mol. The second-order valence-electron chi connectivity index (χ2n) is 3.95. The Morgan fingerprint density at radius 2 is 1.53 bits per heavy atom. The molecular formula is C15H17OP. The standard InChI is InChI=1S/C15H17OP/c1-2-15(17)16-14-10-8-13(9-11-14)12-6-4-3-5-7-12/h3-11,15H,2,17H2,1H3. The Balaban J connectivity index is 2.13. The lowest BCUT2D eigenvalue weighted by molar-refractivity contribution is 0.283. The zero-order valence-corrected chi connectivity index (χ0v) is 11.1. The molecule has 0 saturated heterocycles. The van der Waals surface area contributed by atoms with Gasteiger partial charge in [-0.2, -0.15) is 0 Å². The maximum atomic E-state index is 5.72. The van der Waals surface area contributed by atoms with Gasteiger partial charge in [0.05, 0.1) is 0 Å². The van der Waals surface area contributed by atoms with Gasteiger partial charge in [0.1, 0.15) is 11.6 Å². The van der Waals surface area contributed by atoms with E-state index in [1.165, 1.54) is 11.1 Å². The lowest BCUT2D eigenvalue weighted by Gasteiger charge is -2.12. The summed E-state index contributed by atoms with van der Waals surface area (Å²) in [5, 5.41) is 0. The molecule has 0 aromatic heterocycles. The van der Waals surface area contributed by atoms with Crippen LogP contribution in [0.3, 0.4) is 0 Å². The van der Waals surface area contributed by atoms with Crippen molar-refractivity contribution in [2.45, 2.75) is 19.2 Å². The zero-order chi connectivity index (χ0) is 12.1. The molecule has 0 bridgehead atoms. The van der Waals surface area contributed by atoms with E-state index in [9.17, 15) is 0 Å². The molecule has 0 aliphatic rings. The molecule has 2 rings (SSSR count). The van der Waals surface area contributed by atoms with Gasteiger partial charge in [0.15, 0.2) is 0 Å². The van der Waals surface area contributed by atoms with E-state index in [4.69, 9.17) is 4.74 Å². The maximum absolute atomic E-state index is 5.72. The van der Waals surface area contributed by atoms with E-state index in [0.717, 1.165) is 12.2 Å². The number of rotatable bonds is 4. The van der Waals surface area contributed by atoms with E-state index < -0.39 is 0 Å².